The van der Waals surface area contributed by atoms with Crippen molar-refractivity contribution in [1.29, 1.82) is 0 Å². The highest BCUT2D eigenvalue weighted by Crippen LogP contribution is 2.31. The van der Waals surface area contributed by atoms with E-state index in [9.17, 15) is 18.0 Å². The van der Waals surface area contributed by atoms with Crippen LogP contribution in [-0.2, 0) is 16.7 Å². The highest BCUT2D eigenvalue weighted by molar-refractivity contribution is 7.98. The summed E-state index contributed by atoms with van der Waals surface area (Å²) >= 11 is 1.59. The molecule has 0 saturated carbocycles. The average Bonchev–Trinajstić information content (AvgIpc) is 3.23. The summed E-state index contributed by atoms with van der Waals surface area (Å²) in [5.74, 6) is 0.0801. The van der Waals surface area contributed by atoms with Gasteiger partial charge in [-0.2, -0.15) is 18.3 Å². The van der Waals surface area contributed by atoms with Crippen molar-refractivity contribution in [3.05, 3.63) is 84.1 Å². The number of ether oxygens (including phenoxy) is 1. The third kappa shape index (κ3) is 5.31. The first-order valence-corrected chi connectivity index (χ1v) is 11.0. The van der Waals surface area contributed by atoms with E-state index in [2.05, 4.69) is 5.10 Å². The van der Waals surface area contributed by atoms with Gasteiger partial charge in [-0.1, -0.05) is 18.2 Å². The molecule has 1 heterocycles. The summed E-state index contributed by atoms with van der Waals surface area (Å²) in [6.07, 6.45) is -3.51. The Hall–Kier alpha value is -3.46. The van der Waals surface area contributed by atoms with Crippen LogP contribution in [0.5, 0.6) is 5.75 Å². The number of benzene rings is 3. The Morgan fingerprint density at radius 3 is 2.42 bits per heavy atom. The second-order valence-electron chi connectivity index (χ2n) is 7.33. The number of nitrogens with zero attached hydrogens (tertiary/aromatic N) is 2. The standard InChI is InChI=1S/C24H19F3N2O3S/c1-15(23(30)31)32-20-9-11-21(12-10-20)33-14-17-4-2-3-16-13-29(28-22(16)17)19-7-5-18(6-8-19)24(25,26)27/h2-13,15H,14H2,1H3,(H,30,31). The number of carboxylic acids is 1. The number of hydrogen-bond donors (Lipinski definition) is 1. The second-order valence-corrected chi connectivity index (χ2v) is 8.38. The van der Waals surface area contributed by atoms with Crippen molar-refractivity contribution in [2.45, 2.75) is 29.9 Å². The van der Waals surface area contributed by atoms with Gasteiger partial charge in [0.15, 0.2) is 6.10 Å². The molecule has 0 amide bonds. The number of carbonyl (C=O) groups is 1. The number of halogens is 3. The van der Waals surface area contributed by atoms with Crippen molar-refractivity contribution in [3.63, 3.8) is 0 Å². The molecular formula is C24H19F3N2O3S. The quantitative estimate of drug-likeness (QED) is 0.325. The van der Waals surface area contributed by atoms with Gasteiger partial charge in [0.1, 0.15) is 5.75 Å². The van der Waals surface area contributed by atoms with E-state index in [1.807, 2.05) is 30.3 Å². The Kier molecular flexibility index (Phi) is 6.33. The molecule has 0 radical (unpaired) electrons. The molecule has 5 nitrogen and oxygen atoms in total. The van der Waals surface area contributed by atoms with Crippen LogP contribution in [0, 0.1) is 0 Å². The minimum absolute atomic E-state index is 0.478. The maximum Gasteiger partial charge on any atom is 0.416 e. The number of fused-ring (bicyclic) bond motifs is 1. The normalized spacial score (nSPS) is 12.6. The van der Waals surface area contributed by atoms with Gasteiger partial charge in [-0.25, -0.2) is 9.48 Å². The fourth-order valence-electron chi connectivity index (χ4n) is 3.19. The lowest BCUT2D eigenvalue weighted by molar-refractivity contribution is -0.144. The Labute approximate surface area is 191 Å². The zero-order valence-electron chi connectivity index (χ0n) is 17.4. The lowest BCUT2D eigenvalue weighted by Gasteiger charge is -2.10. The van der Waals surface area contributed by atoms with Crippen LogP contribution in [-0.4, -0.2) is 27.0 Å². The van der Waals surface area contributed by atoms with Gasteiger partial charge in [0.05, 0.1) is 16.8 Å². The Morgan fingerprint density at radius 1 is 1.09 bits per heavy atom. The van der Waals surface area contributed by atoms with Crippen molar-refractivity contribution in [3.8, 4) is 11.4 Å². The first kappa shape index (κ1) is 22.7. The number of aliphatic carboxylic acids is 1. The van der Waals surface area contributed by atoms with E-state index in [4.69, 9.17) is 9.84 Å². The monoisotopic (exact) mass is 472 g/mol. The van der Waals surface area contributed by atoms with Gasteiger partial charge in [-0.05, 0) is 61.0 Å². The SMILES string of the molecule is CC(Oc1ccc(SCc2cccc3cn(-c4ccc(C(F)(F)F)cc4)nc23)cc1)C(=O)O. The minimum Gasteiger partial charge on any atom is -0.479 e. The lowest BCUT2D eigenvalue weighted by atomic mass is 10.2. The van der Waals surface area contributed by atoms with Gasteiger partial charge < -0.3 is 9.84 Å². The van der Waals surface area contributed by atoms with Crippen LogP contribution in [0.25, 0.3) is 16.6 Å². The second kappa shape index (κ2) is 9.19. The van der Waals surface area contributed by atoms with E-state index in [-0.39, 0.29) is 0 Å². The third-order valence-electron chi connectivity index (χ3n) is 4.96. The predicted molar refractivity (Wildman–Crippen MR) is 120 cm³/mol. The van der Waals surface area contributed by atoms with E-state index in [1.54, 1.807) is 34.8 Å². The molecule has 4 rings (SSSR count). The smallest absolute Gasteiger partial charge is 0.416 e. The maximum atomic E-state index is 12.8. The van der Waals surface area contributed by atoms with Crippen LogP contribution in [0.4, 0.5) is 13.2 Å². The molecule has 0 bridgehead atoms. The summed E-state index contributed by atoms with van der Waals surface area (Å²) in [4.78, 5) is 11.9. The zero-order valence-corrected chi connectivity index (χ0v) is 18.2. The molecule has 0 aliphatic heterocycles. The molecule has 0 aliphatic carbocycles. The topological polar surface area (TPSA) is 64.4 Å². The summed E-state index contributed by atoms with van der Waals surface area (Å²) in [5.41, 5.74) is 1.61. The van der Waals surface area contributed by atoms with E-state index in [1.165, 1.54) is 19.1 Å². The van der Waals surface area contributed by atoms with Gasteiger partial charge in [0, 0.05) is 22.2 Å². The largest absolute Gasteiger partial charge is 0.479 e. The lowest BCUT2D eigenvalue weighted by Crippen LogP contribution is -2.22. The fraction of sp³-hybridized carbons (Fsp3) is 0.167. The first-order chi connectivity index (χ1) is 15.7. The molecule has 1 aromatic heterocycles. The van der Waals surface area contributed by atoms with Crippen molar-refractivity contribution in [2.24, 2.45) is 0 Å². The van der Waals surface area contributed by atoms with E-state index in [0.29, 0.717) is 17.2 Å². The summed E-state index contributed by atoms with van der Waals surface area (Å²) < 4.78 is 45.4. The number of carboxylic acid groups (broad SMARTS) is 1. The highest BCUT2D eigenvalue weighted by atomic mass is 32.2. The van der Waals surface area contributed by atoms with Crippen molar-refractivity contribution in [1.82, 2.24) is 9.78 Å². The Bertz CT molecular complexity index is 1270. The van der Waals surface area contributed by atoms with E-state index >= 15 is 0 Å². The Morgan fingerprint density at radius 2 is 1.79 bits per heavy atom. The number of alkyl halides is 3. The van der Waals surface area contributed by atoms with Crippen molar-refractivity contribution >= 4 is 28.6 Å². The van der Waals surface area contributed by atoms with E-state index in [0.717, 1.165) is 33.5 Å². The van der Waals surface area contributed by atoms with Crippen LogP contribution in [0.1, 0.15) is 18.1 Å². The molecular weight excluding hydrogens is 453 g/mol. The fourth-order valence-corrected chi connectivity index (χ4v) is 4.07. The Balaban J connectivity index is 1.49. The van der Waals surface area contributed by atoms with Crippen LogP contribution in [0.3, 0.4) is 0 Å². The first-order valence-electron chi connectivity index (χ1n) is 9.98. The van der Waals surface area contributed by atoms with Crippen molar-refractivity contribution in [2.75, 3.05) is 0 Å². The molecule has 4 aromatic rings. The molecule has 33 heavy (non-hydrogen) atoms. The molecule has 1 N–H and O–H groups in total. The summed E-state index contributed by atoms with van der Waals surface area (Å²) in [6, 6.07) is 17.8. The molecule has 9 heteroatoms. The van der Waals surface area contributed by atoms with Gasteiger partial charge >= 0.3 is 12.1 Å². The molecule has 170 valence electrons. The molecule has 1 atom stereocenters. The molecule has 0 aliphatic rings. The number of aromatic nitrogens is 2. The van der Waals surface area contributed by atoms with E-state index < -0.39 is 23.8 Å². The summed E-state index contributed by atoms with van der Waals surface area (Å²) in [5, 5.41) is 14.4. The van der Waals surface area contributed by atoms with Crippen LogP contribution >= 0.6 is 11.8 Å². The number of thioether (sulfide) groups is 1. The number of rotatable bonds is 7. The predicted octanol–water partition coefficient (Wildman–Crippen LogP) is 6.19. The van der Waals surface area contributed by atoms with Gasteiger partial charge in [0.2, 0.25) is 0 Å². The highest BCUT2D eigenvalue weighted by Gasteiger charge is 2.30. The van der Waals surface area contributed by atoms with Crippen LogP contribution < -0.4 is 4.74 Å². The number of hydrogen-bond acceptors (Lipinski definition) is 4. The summed E-state index contributed by atoms with van der Waals surface area (Å²) in [6.45, 7) is 1.47. The third-order valence-corrected chi connectivity index (χ3v) is 6.02. The molecule has 1 unspecified atom stereocenters. The molecule has 3 aromatic carbocycles. The molecule has 0 saturated heterocycles. The zero-order chi connectivity index (χ0) is 23.6. The summed E-state index contributed by atoms with van der Waals surface area (Å²) in [7, 11) is 0. The van der Waals surface area contributed by atoms with Crippen molar-refractivity contribution < 1.29 is 27.8 Å². The van der Waals surface area contributed by atoms with Crippen LogP contribution in [0.2, 0.25) is 0 Å². The molecule has 0 fully saturated rings. The minimum atomic E-state index is -4.38. The van der Waals surface area contributed by atoms with Gasteiger partial charge in [-0.15, -0.1) is 11.8 Å². The maximum absolute atomic E-state index is 12.8. The van der Waals surface area contributed by atoms with Gasteiger partial charge in [-0.3, -0.25) is 0 Å². The average molecular weight is 472 g/mol. The van der Waals surface area contributed by atoms with Crippen LogP contribution in [0.15, 0.2) is 77.8 Å². The molecule has 0 spiro atoms. The van der Waals surface area contributed by atoms with Gasteiger partial charge in [0.25, 0.3) is 0 Å².